The average molecular weight is 278 g/mol. The van der Waals surface area contributed by atoms with E-state index in [1.54, 1.807) is 18.9 Å². The molecule has 1 heterocycles. The van der Waals surface area contributed by atoms with E-state index in [9.17, 15) is 0 Å². The number of ether oxygens (including phenoxy) is 1. The highest BCUT2D eigenvalue weighted by molar-refractivity contribution is 8.01. The number of nitrogen functional groups attached to an aromatic ring is 1. The van der Waals surface area contributed by atoms with Crippen LogP contribution in [0.4, 0.5) is 5.00 Å². The highest BCUT2D eigenvalue weighted by Gasteiger charge is 2.14. The Hall–Kier alpha value is -1.46. The molecule has 0 saturated heterocycles. The van der Waals surface area contributed by atoms with Crippen molar-refractivity contribution in [3.8, 4) is 17.0 Å². The fourth-order valence-electron chi connectivity index (χ4n) is 1.54. The number of thiazole rings is 1. The summed E-state index contributed by atoms with van der Waals surface area (Å²) < 4.78 is 6.28. The molecule has 1 aromatic heterocycles. The van der Waals surface area contributed by atoms with Crippen LogP contribution in [0.3, 0.4) is 0 Å². The first kappa shape index (κ1) is 13.0. The zero-order valence-corrected chi connectivity index (χ0v) is 11.7. The van der Waals surface area contributed by atoms with Crippen LogP contribution < -0.4 is 10.5 Å². The van der Waals surface area contributed by atoms with Gasteiger partial charge in [-0.3, -0.25) is 0 Å². The molecule has 0 unspecified atom stereocenters. The molecule has 0 amide bonds. The van der Waals surface area contributed by atoms with Crippen LogP contribution in [-0.4, -0.2) is 17.8 Å². The summed E-state index contributed by atoms with van der Waals surface area (Å²) in [5.74, 6) is 1.62. The minimum Gasteiger partial charge on any atom is -0.496 e. The third-order valence-electron chi connectivity index (χ3n) is 2.32. The molecule has 0 radical (unpaired) electrons. The van der Waals surface area contributed by atoms with Crippen molar-refractivity contribution in [2.45, 2.75) is 4.34 Å². The van der Waals surface area contributed by atoms with Crippen molar-refractivity contribution >= 4 is 28.1 Å². The Morgan fingerprint density at radius 1 is 1.50 bits per heavy atom. The first-order chi connectivity index (χ1) is 8.76. The Labute approximate surface area is 115 Å². The van der Waals surface area contributed by atoms with Gasteiger partial charge < -0.3 is 10.5 Å². The summed E-state index contributed by atoms with van der Waals surface area (Å²) in [4.78, 5) is 4.55. The van der Waals surface area contributed by atoms with Gasteiger partial charge in [-0.2, -0.15) is 0 Å². The van der Waals surface area contributed by atoms with Crippen molar-refractivity contribution in [1.82, 2.24) is 4.98 Å². The third kappa shape index (κ3) is 2.68. The number of para-hydroxylation sites is 1. The molecule has 2 rings (SSSR count). The zero-order valence-electron chi connectivity index (χ0n) is 10.1. The molecule has 0 atom stereocenters. The van der Waals surface area contributed by atoms with Crippen LogP contribution in [0.2, 0.25) is 0 Å². The van der Waals surface area contributed by atoms with E-state index in [1.807, 2.05) is 30.3 Å². The second-order valence-electron chi connectivity index (χ2n) is 3.49. The van der Waals surface area contributed by atoms with Crippen LogP contribution >= 0.6 is 23.1 Å². The molecular formula is C13H14N2OS2. The fraction of sp³-hybridized carbons (Fsp3) is 0.154. The van der Waals surface area contributed by atoms with Gasteiger partial charge in [0.05, 0.1) is 7.11 Å². The van der Waals surface area contributed by atoms with Gasteiger partial charge in [-0.05, 0) is 12.1 Å². The molecule has 18 heavy (non-hydrogen) atoms. The van der Waals surface area contributed by atoms with E-state index in [-0.39, 0.29) is 0 Å². The normalized spacial score (nSPS) is 10.3. The van der Waals surface area contributed by atoms with Crippen molar-refractivity contribution in [2.75, 3.05) is 18.6 Å². The highest BCUT2D eigenvalue weighted by atomic mass is 32.2. The summed E-state index contributed by atoms with van der Waals surface area (Å²) in [6.45, 7) is 3.70. The van der Waals surface area contributed by atoms with Crippen LogP contribution in [0.25, 0.3) is 11.3 Å². The van der Waals surface area contributed by atoms with Crippen molar-refractivity contribution in [3.63, 3.8) is 0 Å². The van der Waals surface area contributed by atoms with Crippen molar-refractivity contribution in [2.24, 2.45) is 0 Å². The lowest BCUT2D eigenvalue weighted by atomic mass is 10.1. The van der Waals surface area contributed by atoms with Crippen molar-refractivity contribution in [1.29, 1.82) is 0 Å². The van der Waals surface area contributed by atoms with Crippen LogP contribution in [0.15, 0.2) is 41.3 Å². The van der Waals surface area contributed by atoms with E-state index >= 15 is 0 Å². The second-order valence-corrected chi connectivity index (χ2v) is 5.79. The molecule has 0 aliphatic heterocycles. The van der Waals surface area contributed by atoms with Crippen LogP contribution in [0.5, 0.6) is 5.75 Å². The van der Waals surface area contributed by atoms with Gasteiger partial charge in [0.2, 0.25) is 0 Å². The number of nitrogens with two attached hydrogens (primary N) is 1. The molecule has 0 aliphatic carbocycles. The summed E-state index contributed by atoms with van der Waals surface area (Å²) in [6, 6.07) is 7.75. The van der Waals surface area contributed by atoms with E-state index in [2.05, 4.69) is 11.6 Å². The van der Waals surface area contributed by atoms with Gasteiger partial charge in [-0.1, -0.05) is 41.3 Å². The molecule has 0 aliphatic rings. The molecule has 2 N–H and O–H groups in total. The summed E-state index contributed by atoms with van der Waals surface area (Å²) in [7, 11) is 1.65. The van der Waals surface area contributed by atoms with Crippen molar-refractivity contribution < 1.29 is 4.74 Å². The van der Waals surface area contributed by atoms with Gasteiger partial charge in [-0.15, -0.1) is 6.58 Å². The van der Waals surface area contributed by atoms with Gasteiger partial charge in [-0.25, -0.2) is 4.98 Å². The van der Waals surface area contributed by atoms with Gasteiger partial charge >= 0.3 is 0 Å². The number of anilines is 1. The van der Waals surface area contributed by atoms with E-state index in [0.717, 1.165) is 27.1 Å². The minimum absolute atomic E-state index is 0.714. The summed E-state index contributed by atoms with van der Waals surface area (Å²) in [6.07, 6.45) is 1.85. The Bertz CT molecular complexity index is 552. The molecule has 0 saturated carbocycles. The molecule has 2 aromatic rings. The Balaban J connectivity index is 2.38. The Morgan fingerprint density at radius 3 is 3.00 bits per heavy atom. The number of aromatic nitrogens is 1. The first-order valence-corrected chi connectivity index (χ1v) is 7.20. The molecule has 5 heteroatoms. The van der Waals surface area contributed by atoms with E-state index in [0.29, 0.717) is 5.00 Å². The largest absolute Gasteiger partial charge is 0.496 e. The number of nitrogens with zero attached hydrogens (tertiary/aromatic N) is 1. The molecule has 0 fully saturated rings. The highest BCUT2D eigenvalue weighted by Crippen LogP contribution is 2.38. The molecule has 3 nitrogen and oxygen atoms in total. The summed E-state index contributed by atoms with van der Waals surface area (Å²) in [5, 5.41) is 0.714. The van der Waals surface area contributed by atoms with Gasteiger partial charge in [0.25, 0.3) is 0 Å². The van der Waals surface area contributed by atoms with E-state index in [1.165, 1.54) is 11.3 Å². The maximum absolute atomic E-state index is 6.03. The first-order valence-electron chi connectivity index (χ1n) is 5.39. The Morgan fingerprint density at radius 2 is 2.28 bits per heavy atom. The zero-order chi connectivity index (χ0) is 13.0. The topological polar surface area (TPSA) is 48.1 Å². The molecule has 0 spiro atoms. The quantitative estimate of drug-likeness (QED) is 0.669. The lowest BCUT2D eigenvalue weighted by Crippen LogP contribution is -1.90. The van der Waals surface area contributed by atoms with Crippen LogP contribution in [-0.2, 0) is 0 Å². The maximum Gasteiger partial charge on any atom is 0.152 e. The van der Waals surface area contributed by atoms with E-state index in [4.69, 9.17) is 10.5 Å². The fourth-order valence-corrected chi connectivity index (χ4v) is 3.24. The number of hydrogen-bond acceptors (Lipinski definition) is 5. The lowest BCUT2D eigenvalue weighted by molar-refractivity contribution is 0.416. The monoisotopic (exact) mass is 278 g/mol. The SMILES string of the molecule is C=CCSc1nc(-c2ccccc2OC)c(N)s1. The number of rotatable bonds is 5. The molecule has 94 valence electrons. The predicted octanol–water partition coefficient (Wildman–Crippen LogP) is 3.68. The molecular weight excluding hydrogens is 264 g/mol. The third-order valence-corrected chi connectivity index (χ3v) is 4.34. The standard InChI is InChI=1S/C13H14N2OS2/c1-3-8-17-13-15-11(12(14)18-13)9-6-4-5-7-10(9)16-2/h3-7H,1,8,14H2,2H3. The number of methoxy groups -OCH3 is 1. The van der Waals surface area contributed by atoms with Gasteiger partial charge in [0.1, 0.15) is 16.4 Å². The van der Waals surface area contributed by atoms with Gasteiger partial charge in [0.15, 0.2) is 4.34 Å². The summed E-state index contributed by atoms with van der Waals surface area (Å²) >= 11 is 3.13. The number of thioether (sulfide) groups is 1. The number of benzene rings is 1. The summed E-state index contributed by atoms with van der Waals surface area (Å²) in [5.41, 5.74) is 7.76. The maximum atomic E-state index is 6.03. The van der Waals surface area contributed by atoms with Crippen LogP contribution in [0.1, 0.15) is 0 Å². The Kier molecular flexibility index (Phi) is 4.28. The van der Waals surface area contributed by atoms with E-state index < -0.39 is 0 Å². The van der Waals surface area contributed by atoms with Gasteiger partial charge in [0, 0.05) is 11.3 Å². The minimum atomic E-state index is 0.714. The number of hydrogen-bond donors (Lipinski definition) is 1. The lowest BCUT2D eigenvalue weighted by Gasteiger charge is -2.05. The van der Waals surface area contributed by atoms with Crippen molar-refractivity contribution in [3.05, 3.63) is 36.9 Å². The average Bonchev–Trinajstić information content (AvgIpc) is 2.77. The second kappa shape index (κ2) is 5.93. The molecule has 0 bridgehead atoms. The predicted molar refractivity (Wildman–Crippen MR) is 79.4 cm³/mol. The molecule has 1 aromatic carbocycles. The smallest absolute Gasteiger partial charge is 0.152 e. The van der Waals surface area contributed by atoms with Crippen LogP contribution in [0, 0.1) is 0 Å².